The number of hydrogen-bond acceptors (Lipinski definition) is 3. The van der Waals surface area contributed by atoms with E-state index >= 15 is 0 Å². The van der Waals surface area contributed by atoms with E-state index in [0.29, 0.717) is 12.1 Å². The van der Waals surface area contributed by atoms with E-state index in [0.717, 1.165) is 5.92 Å². The van der Waals surface area contributed by atoms with Gasteiger partial charge in [0, 0.05) is 44.8 Å². The summed E-state index contributed by atoms with van der Waals surface area (Å²) in [5.74, 6) is 0.876. The molecule has 0 spiro atoms. The van der Waals surface area contributed by atoms with Gasteiger partial charge in [0.05, 0.1) is 0 Å². The molecule has 1 saturated carbocycles. The van der Waals surface area contributed by atoms with Crippen LogP contribution in [0.1, 0.15) is 33.1 Å². The molecule has 1 heterocycles. The maximum atomic E-state index is 5.97. The largest absolute Gasteiger partial charge is 0.328 e. The van der Waals surface area contributed by atoms with E-state index in [9.17, 15) is 0 Å². The summed E-state index contributed by atoms with van der Waals surface area (Å²) in [6, 6.07) is 1.20. The number of nitrogens with two attached hydrogens (primary N) is 1. The van der Waals surface area contributed by atoms with Gasteiger partial charge in [-0.25, -0.2) is 0 Å². The van der Waals surface area contributed by atoms with E-state index < -0.39 is 0 Å². The molecule has 3 heteroatoms. The van der Waals surface area contributed by atoms with Gasteiger partial charge in [-0.15, -0.1) is 0 Å². The molecule has 3 nitrogen and oxygen atoms in total. The third kappa shape index (κ3) is 3.19. The van der Waals surface area contributed by atoms with Gasteiger partial charge in [-0.1, -0.05) is 0 Å². The van der Waals surface area contributed by atoms with Crippen molar-refractivity contribution in [1.82, 2.24) is 9.80 Å². The standard InChI is InChI=1S/C13H27N3/c1-11(2)16-7-5-15(6-8-16)10-12-3-4-13(14)9-12/h11-13H,3-10,14H2,1-2H3. The number of nitrogens with zero attached hydrogens (tertiary/aromatic N) is 2. The highest BCUT2D eigenvalue weighted by Gasteiger charge is 2.25. The van der Waals surface area contributed by atoms with Crippen LogP contribution >= 0.6 is 0 Å². The van der Waals surface area contributed by atoms with E-state index in [4.69, 9.17) is 5.73 Å². The summed E-state index contributed by atoms with van der Waals surface area (Å²) in [5.41, 5.74) is 5.97. The zero-order chi connectivity index (χ0) is 11.5. The summed E-state index contributed by atoms with van der Waals surface area (Å²) in [5, 5.41) is 0. The van der Waals surface area contributed by atoms with Gasteiger partial charge in [0.15, 0.2) is 0 Å². The molecule has 1 aliphatic heterocycles. The molecule has 2 atom stereocenters. The minimum Gasteiger partial charge on any atom is -0.328 e. The van der Waals surface area contributed by atoms with Crippen LogP contribution in [0.4, 0.5) is 0 Å². The van der Waals surface area contributed by atoms with Crippen LogP contribution in [0.25, 0.3) is 0 Å². The quantitative estimate of drug-likeness (QED) is 0.782. The van der Waals surface area contributed by atoms with Crippen LogP contribution in [0.15, 0.2) is 0 Å². The van der Waals surface area contributed by atoms with Crippen molar-refractivity contribution in [3.05, 3.63) is 0 Å². The third-order valence-corrected chi connectivity index (χ3v) is 4.24. The highest BCUT2D eigenvalue weighted by molar-refractivity contribution is 4.82. The molecule has 0 radical (unpaired) electrons. The Morgan fingerprint density at radius 3 is 2.31 bits per heavy atom. The molecular formula is C13H27N3. The average Bonchev–Trinajstić information content (AvgIpc) is 2.65. The Kier molecular flexibility index (Phi) is 4.22. The van der Waals surface area contributed by atoms with Crippen LogP contribution in [0.5, 0.6) is 0 Å². The van der Waals surface area contributed by atoms with Gasteiger partial charge >= 0.3 is 0 Å². The fourth-order valence-electron chi connectivity index (χ4n) is 3.11. The summed E-state index contributed by atoms with van der Waals surface area (Å²) in [6.07, 6.45) is 3.85. The Morgan fingerprint density at radius 1 is 1.12 bits per heavy atom. The van der Waals surface area contributed by atoms with Crippen LogP contribution in [0.3, 0.4) is 0 Å². The van der Waals surface area contributed by atoms with Crippen molar-refractivity contribution in [2.45, 2.75) is 45.2 Å². The van der Waals surface area contributed by atoms with Crippen molar-refractivity contribution in [3.8, 4) is 0 Å². The molecule has 2 rings (SSSR count). The monoisotopic (exact) mass is 225 g/mol. The van der Waals surface area contributed by atoms with Crippen LogP contribution < -0.4 is 5.73 Å². The van der Waals surface area contributed by atoms with Gasteiger partial charge in [-0.3, -0.25) is 4.90 Å². The lowest BCUT2D eigenvalue weighted by atomic mass is 10.1. The zero-order valence-electron chi connectivity index (χ0n) is 10.9. The first kappa shape index (κ1) is 12.3. The predicted octanol–water partition coefficient (Wildman–Crippen LogP) is 1.14. The van der Waals surface area contributed by atoms with Crippen molar-refractivity contribution in [1.29, 1.82) is 0 Å². The molecule has 1 aliphatic carbocycles. The Hall–Kier alpha value is -0.120. The van der Waals surface area contributed by atoms with Gasteiger partial charge in [-0.05, 0) is 39.0 Å². The first-order chi connectivity index (χ1) is 7.65. The molecule has 94 valence electrons. The molecule has 2 unspecified atom stereocenters. The first-order valence-electron chi connectivity index (χ1n) is 6.87. The smallest absolute Gasteiger partial charge is 0.0113 e. The minimum atomic E-state index is 0.488. The van der Waals surface area contributed by atoms with Gasteiger partial charge in [-0.2, -0.15) is 0 Å². The van der Waals surface area contributed by atoms with Crippen LogP contribution in [0, 0.1) is 5.92 Å². The third-order valence-electron chi connectivity index (χ3n) is 4.24. The van der Waals surface area contributed by atoms with Gasteiger partial charge in [0.1, 0.15) is 0 Å². The van der Waals surface area contributed by atoms with Gasteiger partial charge in [0.2, 0.25) is 0 Å². The lowest BCUT2D eigenvalue weighted by Gasteiger charge is -2.37. The van der Waals surface area contributed by atoms with Crippen LogP contribution in [0.2, 0.25) is 0 Å². The fraction of sp³-hybridized carbons (Fsp3) is 1.00. The molecular weight excluding hydrogens is 198 g/mol. The van der Waals surface area contributed by atoms with E-state index in [-0.39, 0.29) is 0 Å². The number of piperazine rings is 1. The Bertz CT molecular complexity index is 209. The minimum absolute atomic E-state index is 0.488. The lowest BCUT2D eigenvalue weighted by Crippen LogP contribution is -2.49. The molecule has 2 fully saturated rings. The summed E-state index contributed by atoms with van der Waals surface area (Å²) < 4.78 is 0. The molecule has 0 amide bonds. The second-order valence-corrected chi connectivity index (χ2v) is 5.87. The van der Waals surface area contributed by atoms with E-state index in [1.54, 1.807) is 0 Å². The molecule has 0 aromatic carbocycles. The molecule has 16 heavy (non-hydrogen) atoms. The van der Waals surface area contributed by atoms with Gasteiger partial charge < -0.3 is 10.6 Å². The maximum Gasteiger partial charge on any atom is 0.0113 e. The van der Waals surface area contributed by atoms with Gasteiger partial charge in [0.25, 0.3) is 0 Å². The topological polar surface area (TPSA) is 32.5 Å². The molecule has 0 aromatic heterocycles. The van der Waals surface area contributed by atoms with E-state index in [2.05, 4.69) is 23.6 Å². The zero-order valence-corrected chi connectivity index (χ0v) is 10.9. The Morgan fingerprint density at radius 2 is 1.81 bits per heavy atom. The number of rotatable bonds is 3. The fourth-order valence-corrected chi connectivity index (χ4v) is 3.11. The predicted molar refractivity (Wildman–Crippen MR) is 68.5 cm³/mol. The molecule has 2 N–H and O–H groups in total. The van der Waals surface area contributed by atoms with Crippen LogP contribution in [-0.2, 0) is 0 Å². The maximum absolute atomic E-state index is 5.97. The SMILES string of the molecule is CC(C)N1CCN(CC2CCC(N)C2)CC1. The summed E-state index contributed by atoms with van der Waals surface area (Å²) in [7, 11) is 0. The highest BCUT2D eigenvalue weighted by atomic mass is 15.3. The van der Waals surface area contributed by atoms with Crippen molar-refractivity contribution in [3.63, 3.8) is 0 Å². The number of hydrogen-bond donors (Lipinski definition) is 1. The van der Waals surface area contributed by atoms with Crippen molar-refractivity contribution in [2.24, 2.45) is 11.7 Å². The molecule has 0 bridgehead atoms. The highest BCUT2D eigenvalue weighted by Crippen LogP contribution is 2.25. The molecule has 0 aromatic rings. The van der Waals surface area contributed by atoms with E-state index in [1.165, 1.54) is 52.0 Å². The Balaban J connectivity index is 1.69. The lowest BCUT2D eigenvalue weighted by molar-refractivity contribution is 0.0972. The Labute approximate surface area is 100.0 Å². The van der Waals surface area contributed by atoms with Crippen molar-refractivity contribution < 1.29 is 0 Å². The summed E-state index contributed by atoms with van der Waals surface area (Å²) in [4.78, 5) is 5.22. The van der Waals surface area contributed by atoms with E-state index in [1.807, 2.05) is 0 Å². The van der Waals surface area contributed by atoms with Crippen molar-refractivity contribution in [2.75, 3.05) is 32.7 Å². The summed E-state index contributed by atoms with van der Waals surface area (Å²) in [6.45, 7) is 10.9. The normalized spacial score (nSPS) is 33.8. The second-order valence-electron chi connectivity index (χ2n) is 5.87. The second kappa shape index (κ2) is 5.48. The van der Waals surface area contributed by atoms with Crippen molar-refractivity contribution >= 4 is 0 Å². The first-order valence-corrected chi connectivity index (χ1v) is 6.87. The molecule has 1 saturated heterocycles. The average molecular weight is 225 g/mol. The van der Waals surface area contributed by atoms with Crippen LogP contribution in [-0.4, -0.2) is 54.6 Å². The summed E-state index contributed by atoms with van der Waals surface area (Å²) >= 11 is 0. The molecule has 2 aliphatic rings.